The third-order valence-electron chi connectivity index (χ3n) is 2.71. The van der Waals surface area contributed by atoms with Crippen LogP contribution in [0.3, 0.4) is 0 Å². The summed E-state index contributed by atoms with van der Waals surface area (Å²) >= 11 is 0. The summed E-state index contributed by atoms with van der Waals surface area (Å²) in [6, 6.07) is 13.9. The molecule has 0 aliphatic rings. The third kappa shape index (κ3) is 3.31. The monoisotopic (exact) mass is 243 g/mol. The number of ether oxygens (including phenoxy) is 1. The van der Waals surface area contributed by atoms with Crippen molar-refractivity contribution in [2.75, 3.05) is 6.61 Å². The van der Waals surface area contributed by atoms with Crippen LogP contribution >= 0.6 is 0 Å². The SMILES string of the molecule is Cc1ccc(OCCc2ccccc2)c(CO)n1. The topological polar surface area (TPSA) is 42.4 Å². The van der Waals surface area contributed by atoms with E-state index in [4.69, 9.17) is 4.74 Å². The van der Waals surface area contributed by atoms with Gasteiger partial charge < -0.3 is 9.84 Å². The number of nitrogens with zero attached hydrogens (tertiary/aromatic N) is 1. The van der Waals surface area contributed by atoms with Gasteiger partial charge in [-0.1, -0.05) is 30.3 Å². The second-order valence-corrected chi connectivity index (χ2v) is 4.14. The second-order valence-electron chi connectivity index (χ2n) is 4.14. The summed E-state index contributed by atoms with van der Waals surface area (Å²) in [5.74, 6) is 0.666. The minimum Gasteiger partial charge on any atom is -0.491 e. The molecule has 0 fully saturated rings. The Labute approximate surface area is 107 Å². The van der Waals surface area contributed by atoms with Crippen molar-refractivity contribution in [2.45, 2.75) is 20.0 Å². The van der Waals surface area contributed by atoms with E-state index in [2.05, 4.69) is 17.1 Å². The molecule has 0 aliphatic carbocycles. The Kier molecular flexibility index (Phi) is 4.31. The van der Waals surface area contributed by atoms with Gasteiger partial charge in [0.05, 0.1) is 13.2 Å². The normalized spacial score (nSPS) is 10.3. The lowest BCUT2D eigenvalue weighted by atomic mass is 10.2. The van der Waals surface area contributed by atoms with Crippen LogP contribution in [0.25, 0.3) is 0 Å². The molecule has 0 amide bonds. The van der Waals surface area contributed by atoms with E-state index in [1.807, 2.05) is 37.3 Å². The molecule has 0 atom stereocenters. The van der Waals surface area contributed by atoms with Gasteiger partial charge >= 0.3 is 0 Å². The Bertz CT molecular complexity index is 497. The molecule has 0 unspecified atom stereocenters. The fourth-order valence-corrected chi connectivity index (χ4v) is 1.77. The number of rotatable bonds is 5. The molecule has 3 nitrogen and oxygen atoms in total. The van der Waals surface area contributed by atoms with Crippen molar-refractivity contribution in [3.05, 3.63) is 59.4 Å². The van der Waals surface area contributed by atoms with Crippen molar-refractivity contribution in [3.8, 4) is 5.75 Å². The summed E-state index contributed by atoms with van der Waals surface area (Å²) in [6.45, 7) is 2.39. The smallest absolute Gasteiger partial charge is 0.143 e. The molecule has 2 rings (SSSR count). The third-order valence-corrected chi connectivity index (χ3v) is 2.71. The maximum absolute atomic E-state index is 9.22. The van der Waals surface area contributed by atoms with Gasteiger partial charge in [0, 0.05) is 12.1 Å². The van der Waals surface area contributed by atoms with Crippen molar-refractivity contribution in [1.82, 2.24) is 4.98 Å². The Morgan fingerprint density at radius 1 is 1.11 bits per heavy atom. The molecule has 1 aromatic carbocycles. The maximum atomic E-state index is 9.22. The van der Waals surface area contributed by atoms with Gasteiger partial charge in [0.1, 0.15) is 11.4 Å². The molecule has 0 spiro atoms. The fraction of sp³-hybridized carbons (Fsp3) is 0.267. The minimum absolute atomic E-state index is 0.0949. The molecule has 2 aromatic rings. The Hall–Kier alpha value is -1.87. The molecular weight excluding hydrogens is 226 g/mol. The van der Waals surface area contributed by atoms with E-state index in [0.717, 1.165) is 12.1 Å². The summed E-state index contributed by atoms with van der Waals surface area (Å²) in [6.07, 6.45) is 0.847. The van der Waals surface area contributed by atoms with Gasteiger partial charge in [-0.15, -0.1) is 0 Å². The summed E-state index contributed by atoms with van der Waals surface area (Å²) < 4.78 is 5.66. The van der Waals surface area contributed by atoms with Crippen LogP contribution in [0.1, 0.15) is 17.0 Å². The predicted octanol–water partition coefficient (Wildman–Crippen LogP) is 2.50. The highest BCUT2D eigenvalue weighted by Gasteiger charge is 2.04. The Morgan fingerprint density at radius 2 is 1.89 bits per heavy atom. The van der Waals surface area contributed by atoms with Crippen LogP contribution in [0, 0.1) is 6.92 Å². The van der Waals surface area contributed by atoms with Gasteiger partial charge in [0.15, 0.2) is 0 Å². The number of aryl methyl sites for hydroxylation is 1. The molecular formula is C15H17NO2. The maximum Gasteiger partial charge on any atom is 0.143 e. The number of hydrogen-bond donors (Lipinski definition) is 1. The van der Waals surface area contributed by atoms with E-state index in [0.29, 0.717) is 18.1 Å². The van der Waals surface area contributed by atoms with E-state index < -0.39 is 0 Å². The molecule has 1 N–H and O–H groups in total. The molecule has 1 heterocycles. The van der Waals surface area contributed by atoms with Gasteiger partial charge in [0.25, 0.3) is 0 Å². The van der Waals surface area contributed by atoms with Crippen LogP contribution in [-0.2, 0) is 13.0 Å². The van der Waals surface area contributed by atoms with E-state index in [1.54, 1.807) is 0 Å². The average Bonchev–Trinajstić information content (AvgIpc) is 2.41. The fourth-order valence-electron chi connectivity index (χ4n) is 1.77. The zero-order chi connectivity index (χ0) is 12.8. The van der Waals surface area contributed by atoms with Crippen LogP contribution in [0.2, 0.25) is 0 Å². The number of hydrogen-bond acceptors (Lipinski definition) is 3. The van der Waals surface area contributed by atoms with Crippen LogP contribution in [0.4, 0.5) is 0 Å². The summed E-state index contributed by atoms with van der Waals surface area (Å²) in [5.41, 5.74) is 2.72. The van der Waals surface area contributed by atoms with E-state index in [1.165, 1.54) is 5.56 Å². The summed E-state index contributed by atoms with van der Waals surface area (Å²) in [5, 5.41) is 9.22. The number of aliphatic hydroxyl groups is 1. The lowest BCUT2D eigenvalue weighted by molar-refractivity contribution is 0.258. The van der Waals surface area contributed by atoms with Crippen molar-refractivity contribution in [1.29, 1.82) is 0 Å². The number of aromatic nitrogens is 1. The Balaban J connectivity index is 1.94. The molecule has 0 bridgehead atoms. The van der Waals surface area contributed by atoms with Crippen LogP contribution < -0.4 is 4.74 Å². The van der Waals surface area contributed by atoms with Gasteiger partial charge in [-0.2, -0.15) is 0 Å². The number of pyridine rings is 1. The number of aliphatic hydroxyl groups excluding tert-OH is 1. The van der Waals surface area contributed by atoms with Crippen molar-refractivity contribution in [2.24, 2.45) is 0 Å². The van der Waals surface area contributed by atoms with Gasteiger partial charge in [-0.3, -0.25) is 4.98 Å². The van der Waals surface area contributed by atoms with E-state index in [-0.39, 0.29) is 6.61 Å². The predicted molar refractivity (Wildman–Crippen MR) is 70.5 cm³/mol. The van der Waals surface area contributed by atoms with E-state index in [9.17, 15) is 5.11 Å². The summed E-state index contributed by atoms with van der Waals surface area (Å²) in [7, 11) is 0. The Morgan fingerprint density at radius 3 is 2.61 bits per heavy atom. The van der Waals surface area contributed by atoms with Gasteiger partial charge in [-0.25, -0.2) is 0 Å². The zero-order valence-electron chi connectivity index (χ0n) is 10.5. The first-order valence-corrected chi connectivity index (χ1v) is 6.03. The first-order valence-electron chi connectivity index (χ1n) is 6.03. The minimum atomic E-state index is -0.0949. The molecule has 1 aromatic heterocycles. The van der Waals surface area contributed by atoms with Crippen LogP contribution in [0.15, 0.2) is 42.5 Å². The first kappa shape index (κ1) is 12.6. The molecule has 18 heavy (non-hydrogen) atoms. The molecule has 94 valence electrons. The zero-order valence-corrected chi connectivity index (χ0v) is 10.5. The average molecular weight is 243 g/mol. The van der Waals surface area contributed by atoms with Crippen molar-refractivity contribution in [3.63, 3.8) is 0 Å². The van der Waals surface area contributed by atoms with Gasteiger partial charge in [-0.05, 0) is 24.6 Å². The van der Waals surface area contributed by atoms with Crippen molar-refractivity contribution >= 4 is 0 Å². The van der Waals surface area contributed by atoms with Crippen LogP contribution in [-0.4, -0.2) is 16.7 Å². The quantitative estimate of drug-likeness (QED) is 0.877. The molecule has 0 aliphatic heterocycles. The lowest BCUT2D eigenvalue weighted by Crippen LogP contribution is -2.05. The van der Waals surface area contributed by atoms with Crippen LogP contribution in [0.5, 0.6) is 5.75 Å². The molecule has 0 saturated heterocycles. The second kappa shape index (κ2) is 6.17. The highest BCUT2D eigenvalue weighted by molar-refractivity contribution is 5.28. The standard InChI is InChI=1S/C15H17NO2/c1-12-7-8-15(14(11-17)16-12)18-10-9-13-5-3-2-4-6-13/h2-8,17H,9-11H2,1H3. The molecule has 3 heteroatoms. The summed E-state index contributed by atoms with van der Waals surface area (Å²) in [4.78, 5) is 4.24. The first-order chi connectivity index (χ1) is 8.79. The lowest BCUT2D eigenvalue weighted by Gasteiger charge is -2.10. The van der Waals surface area contributed by atoms with E-state index >= 15 is 0 Å². The van der Waals surface area contributed by atoms with Crippen molar-refractivity contribution < 1.29 is 9.84 Å². The highest BCUT2D eigenvalue weighted by Crippen LogP contribution is 2.17. The molecule has 0 saturated carbocycles. The van der Waals surface area contributed by atoms with Gasteiger partial charge in [0.2, 0.25) is 0 Å². The number of benzene rings is 1. The molecule has 0 radical (unpaired) electrons. The largest absolute Gasteiger partial charge is 0.491 e. The highest BCUT2D eigenvalue weighted by atomic mass is 16.5.